The first-order valence-electron chi connectivity index (χ1n) is 8.18. The quantitative estimate of drug-likeness (QED) is 0.870. The predicted octanol–water partition coefficient (Wildman–Crippen LogP) is 2.47. The highest BCUT2D eigenvalue weighted by molar-refractivity contribution is 8.00. The van der Waals surface area contributed by atoms with Crippen molar-refractivity contribution in [2.24, 2.45) is 11.7 Å². The molecule has 1 aromatic carbocycles. The van der Waals surface area contributed by atoms with Crippen molar-refractivity contribution in [1.29, 1.82) is 0 Å². The molecule has 2 fully saturated rings. The van der Waals surface area contributed by atoms with Crippen molar-refractivity contribution >= 4 is 23.6 Å². The van der Waals surface area contributed by atoms with Crippen molar-refractivity contribution in [3.8, 4) is 0 Å². The van der Waals surface area contributed by atoms with E-state index in [4.69, 9.17) is 5.73 Å². The SMILES string of the molecule is CC1(C)SCCC1CNC(=O)C1(c2ccc(C(N)=O)cc2)CC1. The lowest BCUT2D eigenvalue weighted by atomic mass is 9.91. The third kappa shape index (κ3) is 3.11. The summed E-state index contributed by atoms with van der Waals surface area (Å²) in [4.78, 5) is 23.9. The monoisotopic (exact) mass is 332 g/mol. The summed E-state index contributed by atoms with van der Waals surface area (Å²) in [6, 6.07) is 7.15. The van der Waals surface area contributed by atoms with Crippen LogP contribution in [0.1, 0.15) is 49.0 Å². The number of rotatable bonds is 5. The van der Waals surface area contributed by atoms with Gasteiger partial charge < -0.3 is 11.1 Å². The van der Waals surface area contributed by atoms with Gasteiger partial charge in [0.05, 0.1) is 5.41 Å². The molecule has 0 spiro atoms. The number of carbonyl (C=O) groups excluding carboxylic acids is 2. The maximum absolute atomic E-state index is 12.7. The molecule has 124 valence electrons. The van der Waals surface area contributed by atoms with E-state index in [9.17, 15) is 9.59 Å². The summed E-state index contributed by atoms with van der Waals surface area (Å²) in [5, 5.41) is 3.17. The molecule has 0 radical (unpaired) electrons. The first-order chi connectivity index (χ1) is 10.8. The van der Waals surface area contributed by atoms with E-state index in [0.717, 1.165) is 31.4 Å². The predicted molar refractivity (Wildman–Crippen MR) is 93.5 cm³/mol. The first-order valence-corrected chi connectivity index (χ1v) is 9.16. The summed E-state index contributed by atoms with van der Waals surface area (Å²) in [6.07, 6.45) is 2.91. The molecule has 3 rings (SSSR count). The van der Waals surface area contributed by atoms with Gasteiger partial charge in [-0.15, -0.1) is 0 Å². The average Bonchev–Trinajstić information content (AvgIpc) is 3.25. The minimum Gasteiger partial charge on any atom is -0.366 e. The first kappa shape index (κ1) is 16.4. The fourth-order valence-electron chi connectivity index (χ4n) is 3.39. The van der Waals surface area contributed by atoms with Crippen LogP contribution in [-0.4, -0.2) is 28.9 Å². The van der Waals surface area contributed by atoms with Crippen LogP contribution in [-0.2, 0) is 10.2 Å². The molecule has 23 heavy (non-hydrogen) atoms. The molecule has 1 atom stereocenters. The van der Waals surface area contributed by atoms with Gasteiger partial charge in [0.15, 0.2) is 0 Å². The Morgan fingerprint density at radius 2 is 1.91 bits per heavy atom. The number of nitrogens with one attached hydrogen (secondary N) is 1. The molecule has 0 bridgehead atoms. The van der Waals surface area contributed by atoms with E-state index < -0.39 is 11.3 Å². The molecule has 1 heterocycles. The highest BCUT2D eigenvalue weighted by Gasteiger charge is 2.51. The number of thioether (sulfide) groups is 1. The zero-order valence-corrected chi connectivity index (χ0v) is 14.5. The lowest BCUT2D eigenvalue weighted by molar-refractivity contribution is -0.123. The molecule has 0 aromatic heterocycles. The van der Waals surface area contributed by atoms with Crippen molar-refractivity contribution in [3.05, 3.63) is 35.4 Å². The van der Waals surface area contributed by atoms with Crippen molar-refractivity contribution in [2.75, 3.05) is 12.3 Å². The average molecular weight is 332 g/mol. The molecule has 3 N–H and O–H groups in total. The normalized spacial score (nSPS) is 24.2. The standard InChI is InChI=1S/C18H24N2O2S/c1-17(2)14(7-10-23-17)11-20-16(22)18(8-9-18)13-5-3-12(4-6-13)15(19)21/h3-6,14H,7-11H2,1-2H3,(H2,19,21)(H,20,22). The summed E-state index contributed by atoms with van der Waals surface area (Å²) >= 11 is 1.99. The number of hydrogen-bond acceptors (Lipinski definition) is 3. The second-order valence-corrected chi connectivity index (χ2v) is 8.92. The van der Waals surface area contributed by atoms with Gasteiger partial charge in [0.25, 0.3) is 0 Å². The largest absolute Gasteiger partial charge is 0.366 e. The van der Waals surface area contributed by atoms with Crippen molar-refractivity contribution in [1.82, 2.24) is 5.32 Å². The Hall–Kier alpha value is -1.49. The summed E-state index contributed by atoms with van der Waals surface area (Å²) in [6.45, 7) is 5.27. The molecular formula is C18H24N2O2S. The number of benzene rings is 1. The molecule has 1 aliphatic carbocycles. The van der Waals surface area contributed by atoms with Crippen LogP contribution in [0.15, 0.2) is 24.3 Å². The summed E-state index contributed by atoms with van der Waals surface area (Å²) in [7, 11) is 0. The maximum Gasteiger partial charge on any atom is 0.248 e. The fraction of sp³-hybridized carbons (Fsp3) is 0.556. The maximum atomic E-state index is 12.7. The van der Waals surface area contributed by atoms with Gasteiger partial charge in [0.2, 0.25) is 11.8 Å². The van der Waals surface area contributed by atoms with Crippen LogP contribution in [0.3, 0.4) is 0 Å². The Kier molecular flexibility index (Phi) is 4.17. The van der Waals surface area contributed by atoms with Gasteiger partial charge >= 0.3 is 0 Å². The van der Waals surface area contributed by atoms with Gasteiger partial charge in [0.1, 0.15) is 0 Å². The topological polar surface area (TPSA) is 72.2 Å². The molecule has 5 heteroatoms. The smallest absolute Gasteiger partial charge is 0.248 e. The molecule has 1 aliphatic heterocycles. The van der Waals surface area contributed by atoms with Crippen LogP contribution >= 0.6 is 11.8 Å². The molecule has 2 amide bonds. The minimum atomic E-state index is -0.438. The Morgan fingerprint density at radius 1 is 1.26 bits per heavy atom. The highest BCUT2D eigenvalue weighted by Crippen LogP contribution is 2.49. The number of nitrogens with two attached hydrogens (primary N) is 1. The Bertz CT molecular complexity index is 620. The lowest BCUT2D eigenvalue weighted by Crippen LogP contribution is -2.40. The van der Waals surface area contributed by atoms with Crippen LogP contribution in [0.25, 0.3) is 0 Å². The minimum absolute atomic E-state index is 0.122. The molecular weight excluding hydrogens is 308 g/mol. The van der Waals surface area contributed by atoms with E-state index in [2.05, 4.69) is 19.2 Å². The van der Waals surface area contributed by atoms with Crippen molar-refractivity contribution in [3.63, 3.8) is 0 Å². The number of primary amides is 1. The van der Waals surface area contributed by atoms with Crippen LogP contribution < -0.4 is 11.1 Å². The van der Waals surface area contributed by atoms with E-state index in [0.29, 0.717) is 11.5 Å². The summed E-state index contributed by atoms with van der Waals surface area (Å²) in [5.41, 5.74) is 6.34. The van der Waals surface area contributed by atoms with Crippen molar-refractivity contribution in [2.45, 2.75) is 43.3 Å². The molecule has 1 aromatic rings. The molecule has 1 saturated carbocycles. The highest BCUT2D eigenvalue weighted by atomic mass is 32.2. The number of carbonyl (C=O) groups is 2. The van der Waals surface area contributed by atoms with Gasteiger partial charge in [-0.2, -0.15) is 11.8 Å². The van der Waals surface area contributed by atoms with Crippen LogP contribution in [0.4, 0.5) is 0 Å². The Balaban J connectivity index is 1.65. The van der Waals surface area contributed by atoms with Crippen molar-refractivity contribution < 1.29 is 9.59 Å². The van der Waals surface area contributed by atoms with Gasteiger partial charge in [-0.1, -0.05) is 26.0 Å². The number of amides is 2. The fourth-order valence-corrected chi connectivity index (χ4v) is 4.75. The molecule has 1 saturated heterocycles. The van der Waals surface area contributed by atoms with E-state index in [1.165, 1.54) is 5.75 Å². The second kappa shape index (κ2) is 5.86. The summed E-state index contributed by atoms with van der Waals surface area (Å²) < 4.78 is 0.243. The zero-order chi connectivity index (χ0) is 16.7. The molecule has 1 unspecified atom stereocenters. The number of hydrogen-bond donors (Lipinski definition) is 2. The van der Waals surface area contributed by atoms with E-state index in [1.807, 2.05) is 23.9 Å². The van der Waals surface area contributed by atoms with E-state index in [1.54, 1.807) is 12.1 Å². The third-order valence-corrected chi connectivity index (χ3v) is 6.86. The second-order valence-electron chi connectivity index (χ2n) is 7.17. The lowest BCUT2D eigenvalue weighted by Gasteiger charge is -2.27. The van der Waals surface area contributed by atoms with E-state index >= 15 is 0 Å². The van der Waals surface area contributed by atoms with Crippen LogP contribution in [0.2, 0.25) is 0 Å². The molecule has 2 aliphatic rings. The van der Waals surface area contributed by atoms with Gasteiger partial charge in [-0.25, -0.2) is 0 Å². The van der Waals surface area contributed by atoms with Crippen LogP contribution in [0.5, 0.6) is 0 Å². The zero-order valence-electron chi connectivity index (χ0n) is 13.7. The Morgan fingerprint density at radius 3 is 2.39 bits per heavy atom. The molecule has 4 nitrogen and oxygen atoms in total. The van der Waals surface area contributed by atoms with E-state index in [-0.39, 0.29) is 10.7 Å². The van der Waals surface area contributed by atoms with Crippen LogP contribution in [0, 0.1) is 5.92 Å². The third-order valence-electron chi connectivity index (χ3n) is 5.34. The summed E-state index contributed by atoms with van der Waals surface area (Å²) in [5.74, 6) is 1.39. The van der Waals surface area contributed by atoms with Gasteiger partial charge in [-0.05, 0) is 48.6 Å². The Labute approximate surface area is 141 Å². The van der Waals surface area contributed by atoms with Gasteiger partial charge in [-0.3, -0.25) is 9.59 Å². The van der Waals surface area contributed by atoms with Gasteiger partial charge in [0, 0.05) is 16.9 Å².